The van der Waals surface area contributed by atoms with Crippen molar-refractivity contribution in [3.05, 3.63) is 58.5 Å². The van der Waals surface area contributed by atoms with E-state index in [0.29, 0.717) is 28.0 Å². The highest BCUT2D eigenvalue weighted by Gasteiger charge is 2.07. The van der Waals surface area contributed by atoms with Crippen molar-refractivity contribution in [3.8, 4) is 5.75 Å². The number of ketones is 1. The first-order chi connectivity index (χ1) is 11.5. The number of carbonyl (C=O) groups excluding carboxylic acids is 2. The SMILES string of the molecule is CC(=O)c1cccc(OCC(=O)Nc2ccc3[nH]c(=O)[nH]c3c2)c1. The van der Waals surface area contributed by atoms with Crippen LogP contribution in [0, 0.1) is 0 Å². The van der Waals surface area contributed by atoms with Crippen molar-refractivity contribution in [2.45, 2.75) is 6.92 Å². The van der Waals surface area contributed by atoms with Gasteiger partial charge in [-0.2, -0.15) is 0 Å². The zero-order valence-corrected chi connectivity index (χ0v) is 12.9. The number of imidazole rings is 1. The van der Waals surface area contributed by atoms with Gasteiger partial charge in [-0.25, -0.2) is 4.79 Å². The second-order valence-corrected chi connectivity index (χ2v) is 5.26. The number of carbonyl (C=O) groups is 2. The summed E-state index contributed by atoms with van der Waals surface area (Å²) in [5, 5.41) is 2.68. The molecule has 0 aliphatic carbocycles. The molecule has 0 saturated heterocycles. The number of hydrogen-bond donors (Lipinski definition) is 3. The zero-order chi connectivity index (χ0) is 17.1. The van der Waals surface area contributed by atoms with Crippen LogP contribution in [0.2, 0.25) is 0 Å². The predicted octanol–water partition coefficient (Wildman–Crippen LogP) is 2.08. The van der Waals surface area contributed by atoms with Crippen LogP contribution in [0.1, 0.15) is 17.3 Å². The average molecular weight is 325 g/mol. The van der Waals surface area contributed by atoms with Gasteiger partial charge in [0.25, 0.3) is 5.91 Å². The molecule has 0 bridgehead atoms. The van der Waals surface area contributed by atoms with E-state index in [4.69, 9.17) is 4.74 Å². The molecule has 0 aliphatic heterocycles. The molecule has 2 aromatic carbocycles. The number of anilines is 1. The fraction of sp³-hybridized carbons (Fsp3) is 0.118. The van der Waals surface area contributed by atoms with Crippen molar-refractivity contribution < 1.29 is 14.3 Å². The van der Waals surface area contributed by atoms with Crippen molar-refractivity contribution in [1.29, 1.82) is 0 Å². The summed E-state index contributed by atoms with van der Waals surface area (Å²) in [6, 6.07) is 11.7. The van der Waals surface area contributed by atoms with E-state index in [1.54, 1.807) is 42.5 Å². The highest BCUT2D eigenvalue weighted by atomic mass is 16.5. The van der Waals surface area contributed by atoms with E-state index in [9.17, 15) is 14.4 Å². The van der Waals surface area contributed by atoms with Gasteiger partial charge in [0.1, 0.15) is 5.75 Å². The lowest BCUT2D eigenvalue weighted by Gasteiger charge is -2.08. The van der Waals surface area contributed by atoms with E-state index >= 15 is 0 Å². The molecule has 1 amide bonds. The van der Waals surface area contributed by atoms with E-state index in [-0.39, 0.29) is 24.0 Å². The number of Topliss-reactive ketones (excluding diaryl/α,β-unsaturated/α-hetero) is 1. The molecule has 24 heavy (non-hydrogen) atoms. The summed E-state index contributed by atoms with van der Waals surface area (Å²) in [6.45, 7) is 1.27. The van der Waals surface area contributed by atoms with E-state index in [1.807, 2.05) is 0 Å². The molecule has 3 aromatic rings. The molecule has 0 spiro atoms. The van der Waals surface area contributed by atoms with E-state index < -0.39 is 0 Å². The van der Waals surface area contributed by atoms with Crippen molar-refractivity contribution in [3.63, 3.8) is 0 Å². The van der Waals surface area contributed by atoms with Crippen molar-refractivity contribution in [1.82, 2.24) is 9.97 Å². The van der Waals surface area contributed by atoms with E-state index in [2.05, 4.69) is 15.3 Å². The average Bonchev–Trinajstić information content (AvgIpc) is 2.92. The number of nitrogens with one attached hydrogen (secondary N) is 3. The maximum atomic E-state index is 12.0. The van der Waals surface area contributed by atoms with Crippen LogP contribution >= 0.6 is 0 Å². The minimum atomic E-state index is -0.347. The van der Waals surface area contributed by atoms with Crippen LogP contribution in [0.4, 0.5) is 5.69 Å². The van der Waals surface area contributed by atoms with Crippen LogP contribution in [-0.4, -0.2) is 28.3 Å². The van der Waals surface area contributed by atoms with Crippen molar-refractivity contribution in [2.24, 2.45) is 0 Å². The first-order valence-corrected chi connectivity index (χ1v) is 7.27. The molecule has 0 fully saturated rings. The molecule has 0 radical (unpaired) electrons. The molecular formula is C17H15N3O4. The van der Waals surface area contributed by atoms with Gasteiger partial charge in [-0.1, -0.05) is 12.1 Å². The number of aromatic amines is 2. The summed E-state index contributed by atoms with van der Waals surface area (Å²) in [5.74, 6) is 0.0300. The summed E-state index contributed by atoms with van der Waals surface area (Å²) in [5.41, 5.74) is 2.03. The van der Waals surface area contributed by atoms with Gasteiger partial charge < -0.3 is 20.0 Å². The molecule has 1 aromatic heterocycles. The highest BCUT2D eigenvalue weighted by Crippen LogP contribution is 2.16. The molecule has 122 valence electrons. The lowest BCUT2D eigenvalue weighted by Crippen LogP contribution is -2.20. The third-order valence-corrected chi connectivity index (χ3v) is 3.41. The van der Waals surface area contributed by atoms with Gasteiger partial charge >= 0.3 is 5.69 Å². The number of ether oxygens (including phenoxy) is 1. The largest absolute Gasteiger partial charge is 0.484 e. The highest BCUT2D eigenvalue weighted by molar-refractivity contribution is 5.95. The minimum absolute atomic E-state index is 0.0706. The lowest BCUT2D eigenvalue weighted by atomic mass is 10.1. The molecule has 1 heterocycles. The Morgan fingerprint density at radius 3 is 2.67 bits per heavy atom. The number of fused-ring (bicyclic) bond motifs is 1. The minimum Gasteiger partial charge on any atom is -0.484 e. The molecular weight excluding hydrogens is 310 g/mol. The first kappa shape index (κ1) is 15.5. The van der Waals surface area contributed by atoms with Gasteiger partial charge in [0.15, 0.2) is 12.4 Å². The fourth-order valence-corrected chi connectivity index (χ4v) is 2.26. The third-order valence-electron chi connectivity index (χ3n) is 3.41. The summed E-state index contributed by atoms with van der Waals surface area (Å²) < 4.78 is 5.39. The van der Waals surface area contributed by atoms with Crippen LogP contribution in [0.5, 0.6) is 5.75 Å². The van der Waals surface area contributed by atoms with Gasteiger partial charge in [0, 0.05) is 11.3 Å². The molecule has 7 nitrogen and oxygen atoms in total. The quantitative estimate of drug-likeness (QED) is 0.625. The Morgan fingerprint density at radius 1 is 1.08 bits per heavy atom. The number of rotatable bonds is 5. The second kappa shape index (κ2) is 6.41. The maximum absolute atomic E-state index is 12.0. The van der Waals surface area contributed by atoms with Crippen molar-refractivity contribution >= 4 is 28.4 Å². The Kier molecular flexibility index (Phi) is 4.15. The Bertz CT molecular complexity index is 971. The first-order valence-electron chi connectivity index (χ1n) is 7.27. The van der Waals surface area contributed by atoms with Crippen molar-refractivity contribution in [2.75, 3.05) is 11.9 Å². The standard InChI is InChI=1S/C17H15N3O4/c1-10(21)11-3-2-4-13(7-11)24-9-16(22)18-12-5-6-14-15(8-12)20-17(23)19-14/h2-8H,9H2,1H3,(H,18,22)(H2,19,20,23). The predicted molar refractivity (Wildman–Crippen MR) is 89.5 cm³/mol. The summed E-state index contributed by atoms with van der Waals surface area (Å²) in [6.07, 6.45) is 0. The summed E-state index contributed by atoms with van der Waals surface area (Å²) >= 11 is 0. The topological polar surface area (TPSA) is 104 Å². The van der Waals surface area contributed by atoms with Gasteiger partial charge in [0.05, 0.1) is 11.0 Å². The van der Waals surface area contributed by atoms with E-state index in [1.165, 1.54) is 6.92 Å². The fourth-order valence-electron chi connectivity index (χ4n) is 2.26. The summed E-state index contributed by atoms with van der Waals surface area (Å²) in [4.78, 5) is 39.7. The zero-order valence-electron chi connectivity index (χ0n) is 12.9. The van der Waals surface area contributed by atoms with Gasteiger partial charge in [-0.3, -0.25) is 9.59 Å². The molecule has 0 aliphatic rings. The summed E-state index contributed by atoms with van der Waals surface area (Å²) in [7, 11) is 0. The normalized spacial score (nSPS) is 10.5. The number of amides is 1. The molecule has 0 atom stereocenters. The Balaban J connectivity index is 1.63. The monoisotopic (exact) mass is 325 g/mol. The molecule has 3 rings (SSSR count). The Labute approximate surface area is 136 Å². The third kappa shape index (κ3) is 3.52. The molecule has 7 heteroatoms. The lowest BCUT2D eigenvalue weighted by molar-refractivity contribution is -0.118. The van der Waals surface area contributed by atoms with Gasteiger partial charge in [-0.15, -0.1) is 0 Å². The van der Waals surface area contributed by atoms with Crippen LogP contribution in [0.3, 0.4) is 0 Å². The Hall–Kier alpha value is -3.35. The number of H-pyrrole nitrogens is 2. The van der Waals surface area contributed by atoms with Crippen LogP contribution in [0.15, 0.2) is 47.3 Å². The Morgan fingerprint density at radius 2 is 1.88 bits per heavy atom. The maximum Gasteiger partial charge on any atom is 0.323 e. The number of benzene rings is 2. The second-order valence-electron chi connectivity index (χ2n) is 5.26. The number of hydrogen-bond acceptors (Lipinski definition) is 4. The molecule has 0 unspecified atom stereocenters. The van der Waals surface area contributed by atoms with Gasteiger partial charge in [-0.05, 0) is 37.3 Å². The van der Waals surface area contributed by atoms with E-state index in [0.717, 1.165) is 0 Å². The van der Waals surface area contributed by atoms with Crippen LogP contribution in [0.25, 0.3) is 11.0 Å². The number of aromatic nitrogens is 2. The smallest absolute Gasteiger partial charge is 0.323 e. The molecule has 0 saturated carbocycles. The van der Waals surface area contributed by atoms with Crippen LogP contribution in [-0.2, 0) is 4.79 Å². The van der Waals surface area contributed by atoms with Crippen LogP contribution < -0.4 is 15.7 Å². The van der Waals surface area contributed by atoms with Gasteiger partial charge in [0.2, 0.25) is 0 Å². The molecule has 3 N–H and O–H groups in total.